The van der Waals surface area contributed by atoms with Crippen molar-refractivity contribution in [1.29, 1.82) is 0 Å². The van der Waals surface area contributed by atoms with Crippen LogP contribution < -0.4 is 4.74 Å². The average molecular weight is 177 g/mol. The zero-order valence-electron chi connectivity index (χ0n) is 7.10. The van der Waals surface area contributed by atoms with E-state index in [4.69, 9.17) is 4.74 Å². The van der Waals surface area contributed by atoms with E-state index in [0.717, 1.165) is 11.5 Å². The van der Waals surface area contributed by atoms with Crippen molar-refractivity contribution in [2.24, 2.45) is 0 Å². The molecule has 2 aromatic carbocycles. The Morgan fingerprint density at radius 1 is 0.786 bits per heavy atom. The molecule has 0 unspecified atom stereocenters. The third-order valence-electron chi connectivity index (χ3n) is 1.67. The second-order valence-electron chi connectivity index (χ2n) is 2.65. The number of para-hydroxylation sites is 1. The molecule has 0 aromatic heterocycles. The second-order valence-corrected chi connectivity index (χ2v) is 2.65. The van der Waals surface area contributed by atoms with Crippen LogP contribution in [-0.4, -0.2) is 18.9 Å². The van der Waals surface area contributed by atoms with Crippen LogP contribution in [0.15, 0.2) is 54.6 Å². The third kappa shape index (κ3) is 2.96. The molecule has 65 valence electrons. The summed E-state index contributed by atoms with van der Waals surface area (Å²) in [7, 11) is 0. The maximum absolute atomic E-state index is 5.56. The Hall–Kier alpha value is -1.16. The summed E-state index contributed by atoms with van der Waals surface area (Å²) in [6.07, 6.45) is 0. The molecule has 0 saturated carbocycles. The molecule has 0 heterocycles. The van der Waals surface area contributed by atoms with Gasteiger partial charge in [-0.05, 0) is 30.3 Å². The van der Waals surface area contributed by atoms with Crippen LogP contribution in [0.3, 0.4) is 0 Å². The van der Waals surface area contributed by atoms with Gasteiger partial charge in [0.25, 0.3) is 0 Å². The summed E-state index contributed by atoms with van der Waals surface area (Å²) >= 11 is 0. The molecule has 0 aliphatic rings. The van der Waals surface area contributed by atoms with E-state index >= 15 is 0 Å². The van der Waals surface area contributed by atoms with Crippen molar-refractivity contribution in [3.05, 3.63) is 60.7 Å². The summed E-state index contributed by atoms with van der Waals surface area (Å²) < 4.78 is 5.56. The SMILES string of the molecule is [LiH].[c]1ccc(Oc2ccccc2)cc1. The molecule has 0 amide bonds. The van der Waals surface area contributed by atoms with Crippen LogP contribution in [0.5, 0.6) is 11.5 Å². The monoisotopic (exact) mass is 177 g/mol. The van der Waals surface area contributed by atoms with Gasteiger partial charge in [0.1, 0.15) is 11.5 Å². The molecule has 14 heavy (non-hydrogen) atoms. The Labute approximate surface area is 95.9 Å². The van der Waals surface area contributed by atoms with Crippen LogP contribution in [-0.2, 0) is 0 Å². The number of benzene rings is 2. The first-order chi connectivity index (χ1) is 6.45. The van der Waals surface area contributed by atoms with Crippen LogP contribution in [0, 0.1) is 6.07 Å². The minimum absolute atomic E-state index is 0. The Kier molecular flexibility index (Phi) is 4.32. The van der Waals surface area contributed by atoms with Crippen molar-refractivity contribution in [2.75, 3.05) is 0 Å². The van der Waals surface area contributed by atoms with Crippen molar-refractivity contribution in [3.8, 4) is 11.5 Å². The zero-order valence-corrected chi connectivity index (χ0v) is 7.10. The van der Waals surface area contributed by atoms with Gasteiger partial charge in [-0.1, -0.05) is 30.3 Å². The van der Waals surface area contributed by atoms with Crippen LogP contribution in [0.1, 0.15) is 0 Å². The number of ether oxygens (including phenoxy) is 1. The van der Waals surface area contributed by atoms with Crippen molar-refractivity contribution in [3.63, 3.8) is 0 Å². The van der Waals surface area contributed by atoms with Gasteiger partial charge in [-0.25, -0.2) is 0 Å². The zero-order chi connectivity index (χ0) is 8.93. The predicted molar refractivity (Wildman–Crippen MR) is 58.9 cm³/mol. The van der Waals surface area contributed by atoms with E-state index in [0.29, 0.717) is 0 Å². The van der Waals surface area contributed by atoms with Gasteiger partial charge < -0.3 is 4.74 Å². The van der Waals surface area contributed by atoms with E-state index in [1.165, 1.54) is 0 Å². The van der Waals surface area contributed by atoms with Crippen LogP contribution in [0.25, 0.3) is 0 Å². The summed E-state index contributed by atoms with van der Waals surface area (Å²) in [6.45, 7) is 0. The van der Waals surface area contributed by atoms with Gasteiger partial charge in [-0.15, -0.1) is 0 Å². The van der Waals surface area contributed by atoms with Crippen molar-refractivity contribution in [1.82, 2.24) is 0 Å². The van der Waals surface area contributed by atoms with E-state index in [1.807, 2.05) is 54.6 Å². The third-order valence-corrected chi connectivity index (χ3v) is 1.67. The molecule has 0 fully saturated rings. The van der Waals surface area contributed by atoms with Crippen LogP contribution in [0.4, 0.5) is 0 Å². The molecule has 1 nitrogen and oxygen atoms in total. The maximum atomic E-state index is 5.56. The summed E-state index contributed by atoms with van der Waals surface area (Å²) in [6, 6.07) is 20.1. The molecular formula is C12H10LiO. The van der Waals surface area contributed by atoms with Crippen molar-refractivity contribution < 1.29 is 4.74 Å². The standard InChI is InChI=1S/C12H9O.Li.H/c1-3-7-11(8-4-1)13-12-9-5-2-6-10-12;;/h1,3-10H;;. The quantitative estimate of drug-likeness (QED) is 0.640. The maximum Gasteiger partial charge on any atom is 0.127 e. The van der Waals surface area contributed by atoms with E-state index in [1.54, 1.807) is 0 Å². The van der Waals surface area contributed by atoms with Gasteiger partial charge in [0.15, 0.2) is 0 Å². The van der Waals surface area contributed by atoms with Crippen LogP contribution in [0.2, 0.25) is 0 Å². The van der Waals surface area contributed by atoms with E-state index in [2.05, 4.69) is 6.07 Å². The largest absolute Gasteiger partial charge is 0.457 e. The molecule has 2 aromatic rings. The fraction of sp³-hybridized carbons (Fsp3) is 0. The van der Waals surface area contributed by atoms with Gasteiger partial charge in [-0.3, -0.25) is 0 Å². The summed E-state index contributed by atoms with van der Waals surface area (Å²) in [5, 5.41) is 0. The van der Waals surface area contributed by atoms with Crippen LogP contribution >= 0.6 is 0 Å². The molecule has 1 radical (unpaired) electrons. The molecule has 0 N–H and O–H groups in total. The Morgan fingerprint density at radius 2 is 1.36 bits per heavy atom. The predicted octanol–water partition coefficient (Wildman–Crippen LogP) is 2.63. The van der Waals surface area contributed by atoms with Gasteiger partial charge in [-0.2, -0.15) is 0 Å². The Bertz CT molecular complexity index is 321. The average Bonchev–Trinajstić information content (AvgIpc) is 2.21. The summed E-state index contributed by atoms with van der Waals surface area (Å²) in [4.78, 5) is 0. The molecule has 0 saturated heterocycles. The second kappa shape index (κ2) is 5.54. The Balaban J connectivity index is 0.000000980. The van der Waals surface area contributed by atoms with Gasteiger partial charge in [0.2, 0.25) is 0 Å². The normalized spacial score (nSPS) is 8.86. The molecular weight excluding hydrogens is 167 g/mol. The van der Waals surface area contributed by atoms with Gasteiger partial charge >= 0.3 is 18.9 Å². The van der Waals surface area contributed by atoms with Crippen molar-refractivity contribution in [2.45, 2.75) is 0 Å². The first-order valence-corrected chi connectivity index (χ1v) is 4.14. The van der Waals surface area contributed by atoms with E-state index in [-0.39, 0.29) is 18.9 Å². The molecule has 0 atom stereocenters. The number of hydrogen-bond acceptors (Lipinski definition) is 1. The topological polar surface area (TPSA) is 9.23 Å². The molecule has 0 spiro atoms. The minimum atomic E-state index is 0. The number of hydrogen-bond donors (Lipinski definition) is 0. The first kappa shape index (κ1) is 10.9. The molecule has 2 heteroatoms. The van der Waals surface area contributed by atoms with Gasteiger partial charge in [0.05, 0.1) is 0 Å². The fourth-order valence-electron chi connectivity index (χ4n) is 1.06. The molecule has 0 aliphatic carbocycles. The summed E-state index contributed by atoms with van der Waals surface area (Å²) in [5.74, 6) is 1.69. The smallest absolute Gasteiger partial charge is 0.127 e. The summed E-state index contributed by atoms with van der Waals surface area (Å²) in [5.41, 5.74) is 0. The molecule has 2 rings (SSSR count). The minimum Gasteiger partial charge on any atom is -0.457 e. The first-order valence-electron chi connectivity index (χ1n) is 4.14. The number of rotatable bonds is 2. The Morgan fingerprint density at radius 3 is 2.00 bits per heavy atom. The van der Waals surface area contributed by atoms with Gasteiger partial charge in [0, 0.05) is 0 Å². The van der Waals surface area contributed by atoms with E-state index in [9.17, 15) is 0 Å². The molecule has 0 aliphatic heterocycles. The van der Waals surface area contributed by atoms with Crippen molar-refractivity contribution >= 4 is 18.9 Å². The molecule has 0 bridgehead atoms. The fourth-order valence-corrected chi connectivity index (χ4v) is 1.06. The van der Waals surface area contributed by atoms with E-state index < -0.39 is 0 Å².